The van der Waals surface area contributed by atoms with E-state index in [9.17, 15) is 5.11 Å². The van der Waals surface area contributed by atoms with Crippen molar-refractivity contribution in [2.75, 3.05) is 13.7 Å². The fourth-order valence-electron chi connectivity index (χ4n) is 1.88. The van der Waals surface area contributed by atoms with Gasteiger partial charge in [0.2, 0.25) is 0 Å². The molecule has 0 atom stereocenters. The van der Waals surface area contributed by atoms with Crippen LogP contribution in [-0.4, -0.2) is 29.7 Å². The average Bonchev–Trinajstić information content (AvgIpc) is 2.15. The number of allylic oxidation sites excluding steroid dienone is 3. The number of hydrogen-bond acceptors (Lipinski definition) is 3. The van der Waals surface area contributed by atoms with E-state index in [1.807, 2.05) is 18.7 Å². The number of aliphatic hydroxyl groups is 1. The molecule has 0 saturated heterocycles. The minimum absolute atomic E-state index is 0.452. The van der Waals surface area contributed by atoms with Crippen LogP contribution in [0.4, 0.5) is 0 Å². The summed E-state index contributed by atoms with van der Waals surface area (Å²) in [6.45, 7) is 4.65. The summed E-state index contributed by atoms with van der Waals surface area (Å²) >= 11 is 5.35. The maximum atomic E-state index is 9.71. The van der Waals surface area contributed by atoms with Gasteiger partial charge in [-0.15, -0.1) is 11.8 Å². The molecular formula is C13H21BrO2S. The predicted molar refractivity (Wildman–Crippen MR) is 78.5 cm³/mol. The Morgan fingerprint density at radius 2 is 2.24 bits per heavy atom. The Hall–Kier alpha value is 0.230. The third-order valence-electron chi connectivity index (χ3n) is 2.64. The van der Waals surface area contributed by atoms with Gasteiger partial charge >= 0.3 is 0 Å². The predicted octanol–water partition coefficient (Wildman–Crippen LogP) is 3.85. The van der Waals surface area contributed by atoms with Crippen LogP contribution in [-0.2, 0) is 4.74 Å². The Kier molecular flexibility index (Phi) is 6.27. The zero-order valence-electron chi connectivity index (χ0n) is 10.7. The molecule has 0 aliphatic heterocycles. The molecule has 0 aromatic heterocycles. The second kappa shape index (κ2) is 6.98. The molecule has 0 aromatic carbocycles. The summed E-state index contributed by atoms with van der Waals surface area (Å²) in [6.07, 6.45) is 7.00. The Morgan fingerprint density at radius 1 is 1.59 bits per heavy atom. The number of halogens is 1. The molecule has 17 heavy (non-hydrogen) atoms. The van der Waals surface area contributed by atoms with Gasteiger partial charge in [-0.25, -0.2) is 0 Å². The molecule has 0 radical (unpaired) electrons. The van der Waals surface area contributed by atoms with Crippen molar-refractivity contribution in [1.82, 2.24) is 0 Å². The van der Waals surface area contributed by atoms with Crippen molar-refractivity contribution in [3.63, 3.8) is 0 Å². The molecule has 0 spiro atoms. The molecule has 4 heteroatoms. The molecule has 0 amide bonds. The average molecular weight is 321 g/mol. The van der Waals surface area contributed by atoms with Gasteiger partial charge in [-0.2, -0.15) is 0 Å². The molecule has 1 aliphatic carbocycles. The van der Waals surface area contributed by atoms with E-state index in [1.165, 1.54) is 4.91 Å². The van der Waals surface area contributed by atoms with Gasteiger partial charge in [0.1, 0.15) is 0 Å². The van der Waals surface area contributed by atoms with Crippen LogP contribution in [0, 0.1) is 0 Å². The van der Waals surface area contributed by atoms with Crippen molar-refractivity contribution in [2.45, 2.75) is 44.0 Å². The highest BCUT2D eigenvalue weighted by Crippen LogP contribution is 2.43. The first kappa shape index (κ1) is 15.3. The molecule has 2 nitrogen and oxygen atoms in total. The number of thioether (sulfide) groups is 1. The molecular weight excluding hydrogens is 300 g/mol. The van der Waals surface area contributed by atoms with Crippen LogP contribution in [0.25, 0.3) is 0 Å². The summed E-state index contributed by atoms with van der Waals surface area (Å²) in [4.78, 5) is 1.21. The van der Waals surface area contributed by atoms with Crippen molar-refractivity contribution in [3.8, 4) is 0 Å². The first-order valence-corrected chi connectivity index (χ1v) is 7.58. The van der Waals surface area contributed by atoms with Crippen molar-refractivity contribution >= 4 is 27.7 Å². The molecule has 98 valence electrons. The second-order valence-electron chi connectivity index (χ2n) is 4.69. The quantitative estimate of drug-likeness (QED) is 0.754. The third-order valence-corrected chi connectivity index (χ3v) is 4.40. The van der Waals surface area contributed by atoms with Gasteiger partial charge in [0.25, 0.3) is 0 Å². The van der Waals surface area contributed by atoms with E-state index in [-0.39, 0.29) is 0 Å². The largest absolute Gasteiger partial charge is 0.390 e. The van der Waals surface area contributed by atoms with Crippen LogP contribution in [0.15, 0.2) is 21.5 Å². The number of methoxy groups -OCH3 is 1. The van der Waals surface area contributed by atoms with Crippen molar-refractivity contribution in [1.29, 1.82) is 0 Å². The lowest BCUT2D eigenvalue weighted by Crippen LogP contribution is -2.42. The number of ether oxygens (including phenoxy) is 1. The monoisotopic (exact) mass is 320 g/mol. The van der Waals surface area contributed by atoms with E-state index in [0.717, 1.165) is 23.7 Å². The maximum absolute atomic E-state index is 9.71. The van der Waals surface area contributed by atoms with Crippen LogP contribution >= 0.6 is 27.7 Å². The Morgan fingerprint density at radius 3 is 2.71 bits per heavy atom. The molecule has 0 bridgehead atoms. The van der Waals surface area contributed by atoms with Gasteiger partial charge < -0.3 is 9.84 Å². The lowest BCUT2D eigenvalue weighted by Gasteiger charge is -2.40. The lowest BCUT2D eigenvalue weighted by molar-refractivity contribution is -0.00936. The van der Waals surface area contributed by atoms with E-state index >= 15 is 0 Å². The number of hydrogen-bond donors (Lipinski definition) is 1. The van der Waals surface area contributed by atoms with Crippen LogP contribution in [0.2, 0.25) is 0 Å². The zero-order chi connectivity index (χ0) is 12.9. The molecule has 0 heterocycles. The minimum Gasteiger partial charge on any atom is -0.390 e. The van der Waals surface area contributed by atoms with Crippen molar-refractivity contribution in [3.05, 3.63) is 21.5 Å². The molecule has 1 aliphatic rings. The summed E-state index contributed by atoms with van der Waals surface area (Å²) in [5.74, 6) is 0. The van der Waals surface area contributed by atoms with E-state index in [0.29, 0.717) is 11.9 Å². The van der Waals surface area contributed by atoms with E-state index in [1.54, 1.807) is 7.11 Å². The van der Waals surface area contributed by atoms with Crippen molar-refractivity contribution in [2.24, 2.45) is 0 Å². The summed E-state index contributed by atoms with van der Waals surface area (Å²) in [6, 6.07) is 0. The van der Waals surface area contributed by atoms with E-state index < -0.39 is 5.60 Å². The Bertz CT molecular complexity index is 303. The summed E-state index contributed by atoms with van der Waals surface area (Å²) in [5, 5.41) is 10.2. The normalized spacial score (nSPS) is 30.3. The highest BCUT2D eigenvalue weighted by Gasteiger charge is 2.38. The second-order valence-corrected chi connectivity index (χ2v) is 7.03. The summed E-state index contributed by atoms with van der Waals surface area (Å²) in [7, 11) is 1.71. The highest BCUT2D eigenvalue weighted by molar-refractivity contribution is 9.11. The van der Waals surface area contributed by atoms with Gasteiger partial charge in [0, 0.05) is 21.7 Å². The topological polar surface area (TPSA) is 29.5 Å². The van der Waals surface area contributed by atoms with Gasteiger partial charge in [0.05, 0.1) is 12.2 Å². The van der Waals surface area contributed by atoms with Crippen LogP contribution in [0.5, 0.6) is 0 Å². The van der Waals surface area contributed by atoms with Gasteiger partial charge in [0.15, 0.2) is 0 Å². The molecule has 0 aromatic rings. The minimum atomic E-state index is -0.452. The summed E-state index contributed by atoms with van der Waals surface area (Å²) in [5.41, 5.74) is -0.452. The van der Waals surface area contributed by atoms with E-state index in [4.69, 9.17) is 4.74 Å². The van der Waals surface area contributed by atoms with Gasteiger partial charge in [-0.1, -0.05) is 28.9 Å². The van der Waals surface area contributed by atoms with Gasteiger partial charge in [-0.05, 0) is 32.3 Å². The fourth-order valence-corrected chi connectivity index (χ4v) is 4.32. The molecule has 1 N–H and O–H groups in total. The SMILES string of the molecule is CC/C=C(Br)\C=C(/COC)S[C@H]1C[C@](C)(O)C1. The molecule has 0 unspecified atom stereocenters. The maximum Gasteiger partial charge on any atom is 0.0772 e. The Labute approximate surface area is 117 Å². The summed E-state index contributed by atoms with van der Waals surface area (Å²) < 4.78 is 6.31. The lowest BCUT2D eigenvalue weighted by atomic mass is 9.82. The van der Waals surface area contributed by atoms with Gasteiger partial charge in [-0.3, -0.25) is 0 Å². The van der Waals surface area contributed by atoms with Crippen LogP contribution in [0.1, 0.15) is 33.1 Å². The first-order chi connectivity index (χ1) is 7.96. The number of rotatable bonds is 6. The Balaban J connectivity index is 2.52. The van der Waals surface area contributed by atoms with Crippen LogP contribution < -0.4 is 0 Å². The first-order valence-electron chi connectivity index (χ1n) is 5.91. The molecule has 1 fully saturated rings. The van der Waals surface area contributed by atoms with Crippen LogP contribution in [0.3, 0.4) is 0 Å². The highest BCUT2D eigenvalue weighted by atomic mass is 79.9. The smallest absolute Gasteiger partial charge is 0.0772 e. The third kappa shape index (κ3) is 5.60. The van der Waals surface area contributed by atoms with E-state index in [2.05, 4.69) is 35.0 Å². The molecule has 1 saturated carbocycles. The van der Waals surface area contributed by atoms with Crippen molar-refractivity contribution < 1.29 is 9.84 Å². The standard InChI is InChI=1S/C13H21BrO2S/c1-4-5-10(14)6-11(9-16-3)17-12-7-13(2,15)8-12/h5-6,12,15H,4,7-9H2,1-3H3/b10-5+,11-6+/t12-,13-. The zero-order valence-corrected chi connectivity index (χ0v) is 13.1. The fraction of sp³-hybridized carbons (Fsp3) is 0.692. The molecule has 1 rings (SSSR count).